The molecule has 1 aliphatic rings. The van der Waals surface area contributed by atoms with Gasteiger partial charge in [0, 0.05) is 15.6 Å². The Labute approximate surface area is 126 Å². The molecule has 2 N–H and O–H groups in total. The van der Waals surface area contributed by atoms with Crippen LogP contribution < -0.4 is 5.73 Å². The fourth-order valence-corrected chi connectivity index (χ4v) is 3.42. The molecule has 0 bridgehead atoms. The Morgan fingerprint density at radius 2 is 1.85 bits per heavy atom. The fraction of sp³-hybridized carbons (Fsp3) is 0.571. The van der Waals surface area contributed by atoms with Gasteiger partial charge in [-0.2, -0.15) is 13.2 Å². The third-order valence-corrected chi connectivity index (χ3v) is 4.64. The lowest BCUT2D eigenvalue weighted by atomic mass is 9.73. The summed E-state index contributed by atoms with van der Waals surface area (Å²) in [4.78, 5) is 0. The van der Waals surface area contributed by atoms with Crippen molar-refractivity contribution in [2.24, 2.45) is 11.7 Å². The van der Waals surface area contributed by atoms with E-state index in [9.17, 15) is 13.2 Å². The monoisotopic (exact) mass is 325 g/mol. The standard InChI is InChI=1S/C14H16Cl2F3N/c15-11-4-1-5-12(16)10(11)8-13(20)6-2-3-9(7-13)14(17,18)19/h1,4-5,9H,2-3,6-8,20H2. The molecular weight excluding hydrogens is 310 g/mol. The van der Waals surface area contributed by atoms with Crippen LogP contribution in [-0.4, -0.2) is 11.7 Å². The van der Waals surface area contributed by atoms with Crippen molar-refractivity contribution in [3.05, 3.63) is 33.8 Å². The highest BCUT2D eigenvalue weighted by molar-refractivity contribution is 6.36. The maximum absolute atomic E-state index is 12.9. The molecule has 2 atom stereocenters. The van der Waals surface area contributed by atoms with E-state index in [1.54, 1.807) is 18.2 Å². The Bertz CT molecular complexity index is 470. The average molecular weight is 326 g/mol. The Balaban J connectivity index is 2.19. The molecule has 0 spiro atoms. The molecule has 0 amide bonds. The summed E-state index contributed by atoms with van der Waals surface area (Å²) in [6.07, 6.45) is -2.80. The predicted octanol–water partition coefficient (Wildman–Crippen LogP) is 4.99. The van der Waals surface area contributed by atoms with E-state index in [4.69, 9.17) is 28.9 Å². The van der Waals surface area contributed by atoms with Gasteiger partial charge >= 0.3 is 6.18 Å². The molecule has 0 aromatic heterocycles. The van der Waals surface area contributed by atoms with Gasteiger partial charge in [0.05, 0.1) is 5.92 Å². The van der Waals surface area contributed by atoms with Gasteiger partial charge in [-0.25, -0.2) is 0 Å². The molecule has 1 nitrogen and oxygen atoms in total. The number of benzene rings is 1. The van der Waals surface area contributed by atoms with Crippen LogP contribution in [0.2, 0.25) is 10.0 Å². The third-order valence-electron chi connectivity index (χ3n) is 3.93. The van der Waals surface area contributed by atoms with Crippen molar-refractivity contribution in [1.29, 1.82) is 0 Å². The van der Waals surface area contributed by atoms with Gasteiger partial charge in [-0.15, -0.1) is 0 Å². The summed E-state index contributed by atoms with van der Waals surface area (Å²) in [6, 6.07) is 5.06. The van der Waals surface area contributed by atoms with Crippen LogP contribution >= 0.6 is 23.2 Å². The lowest BCUT2D eigenvalue weighted by molar-refractivity contribution is -0.187. The summed E-state index contributed by atoms with van der Waals surface area (Å²) >= 11 is 12.1. The van der Waals surface area contributed by atoms with E-state index in [1.165, 1.54) is 0 Å². The van der Waals surface area contributed by atoms with Gasteiger partial charge in [0.25, 0.3) is 0 Å². The van der Waals surface area contributed by atoms with Gasteiger partial charge < -0.3 is 5.73 Å². The maximum Gasteiger partial charge on any atom is 0.391 e. The van der Waals surface area contributed by atoms with Gasteiger partial charge in [0.1, 0.15) is 0 Å². The van der Waals surface area contributed by atoms with E-state index >= 15 is 0 Å². The minimum absolute atomic E-state index is 0.0714. The quantitative estimate of drug-likeness (QED) is 0.814. The van der Waals surface area contributed by atoms with E-state index in [-0.39, 0.29) is 19.3 Å². The zero-order valence-corrected chi connectivity index (χ0v) is 12.3. The molecule has 1 fully saturated rings. The van der Waals surface area contributed by atoms with Gasteiger partial charge in [-0.1, -0.05) is 35.7 Å². The van der Waals surface area contributed by atoms with Crippen molar-refractivity contribution in [2.75, 3.05) is 0 Å². The van der Waals surface area contributed by atoms with Crippen molar-refractivity contribution in [3.63, 3.8) is 0 Å². The lowest BCUT2D eigenvalue weighted by Crippen LogP contribution is -2.49. The summed E-state index contributed by atoms with van der Waals surface area (Å²) in [5.41, 5.74) is 5.94. The Hall–Kier alpha value is -0.450. The van der Waals surface area contributed by atoms with Crippen LogP contribution in [0.4, 0.5) is 13.2 Å². The molecule has 20 heavy (non-hydrogen) atoms. The molecule has 6 heteroatoms. The molecule has 112 valence electrons. The van der Waals surface area contributed by atoms with Crippen molar-refractivity contribution in [1.82, 2.24) is 0 Å². The second kappa shape index (κ2) is 5.74. The molecule has 1 aromatic rings. The zero-order valence-electron chi connectivity index (χ0n) is 10.8. The maximum atomic E-state index is 12.9. The summed E-state index contributed by atoms with van der Waals surface area (Å²) in [5.74, 6) is -1.33. The topological polar surface area (TPSA) is 26.0 Å². The van der Waals surface area contributed by atoms with E-state index in [0.717, 1.165) is 0 Å². The second-order valence-electron chi connectivity index (χ2n) is 5.57. The first kappa shape index (κ1) is 15.9. The second-order valence-corrected chi connectivity index (χ2v) is 6.39. The molecule has 0 heterocycles. The predicted molar refractivity (Wildman–Crippen MR) is 75.1 cm³/mol. The van der Waals surface area contributed by atoms with Gasteiger partial charge in [0.15, 0.2) is 0 Å². The summed E-state index contributed by atoms with van der Waals surface area (Å²) < 4.78 is 38.6. The molecule has 1 aliphatic carbocycles. The van der Waals surface area contributed by atoms with Crippen LogP contribution in [0.25, 0.3) is 0 Å². The molecular formula is C14H16Cl2F3N. The summed E-state index contributed by atoms with van der Waals surface area (Å²) in [5, 5.41) is 0.910. The van der Waals surface area contributed by atoms with Gasteiger partial charge in [0.2, 0.25) is 0 Å². The first-order valence-corrected chi connectivity index (χ1v) is 7.25. The summed E-state index contributed by atoms with van der Waals surface area (Å²) in [7, 11) is 0. The molecule has 0 aliphatic heterocycles. The Kier molecular flexibility index (Phi) is 4.57. The minimum atomic E-state index is -4.19. The molecule has 1 saturated carbocycles. The Morgan fingerprint density at radius 1 is 1.25 bits per heavy atom. The largest absolute Gasteiger partial charge is 0.391 e. The minimum Gasteiger partial charge on any atom is -0.325 e. The zero-order chi connectivity index (χ0) is 15.0. The molecule has 2 rings (SSSR count). The van der Waals surface area contributed by atoms with Crippen molar-refractivity contribution in [3.8, 4) is 0 Å². The summed E-state index contributed by atoms with van der Waals surface area (Å²) in [6.45, 7) is 0. The highest BCUT2D eigenvalue weighted by Crippen LogP contribution is 2.43. The van der Waals surface area contributed by atoms with Crippen LogP contribution in [0, 0.1) is 5.92 Å². The third kappa shape index (κ3) is 3.60. The number of nitrogens with two attached hydrogens (primary N) is 1. The highest BCUT2D eigenvalue weighted by atomic mass is 35.5. The smallest absolute Gasteiger partial charge is 0.325 e. The van der Waals surface area contributed by atoms with Crippen molar-refractivity contribution >= 4 is 23.2 Å². The van der Waals surface area contributed by atoms with Crippen LogP contribution in [0.1, 0.15) is 31.2 Å². The van der Waals surface area contributed by atoms with Crippen molar-refractivity contribution < 1.29 is 13.2 Å². The van der Waals surface area contributed by atoms with E-state index in [1.807, 2.05) is 0 Å². The average Bonchev–Trinajstić information content (AvgIpc) is 2.33. The number of hydrogen-bond donors (Lipinski definition) is 1. The number of alkyl halides is 3. The Morgan fingerprint density at radius 3 is 2.40 bits per heavy atom. The number of hydrogen-bond acceptors (Lipinski definition) is 1. The van der Waals surface area contributed by atoms with E-state index in [2.05, 4.69) is 0 Å². The van der Waals surface area contributed by atoms with Crippen LogP contribution in [-0.2, 0) is 6.42 Å². The molecule has 0 radical (unpaired) electrons. The molecule has 0 saturated heterocycles. The van der Waals surface area contributed by atoms with E-state index < -0.39 is 17.6 Å². The van der Waals surface area contributed by atoms with Gasteiger partial charge in [-0.05, 0) is 43.4 Å². The highest BCUT2D eigenvalue weighted by Gasteiger charge is 2.46. The lowest BCUT2D eigenvalue weighted by Gasteiger charge is -2.39. The first-order chi connectivity index (χ1) is 9.21. The van der Waals surface area contributed by atoms with Crippen LogP contribution in [0.15, 0.2) is 18.2 Å². The number of rotatable bonds is 2. The van der Waals surface area contributed by atoms with Gasteiger partial charge in [-0.3, -0.25) is 0 Å². The molecule has 1 aromatic carbocycles. The number of halogens is 5. The molecule has 2 unspecified atom stereocenters. The van der Waals surface area contributed by atoms with Crippen LogP contribution in [0.5, 0.6) is 0 Å². The normalized spacial score (nSPS) is 27.6. The van der Waals surface area contributed by atoms with Crippen LogP contribution in [0.3, 0.4) is 0 Å². The fourth-order valence-electron chi connectivity index (χ4n) is 2.89. The SMILES string of the molecule is NC1(Cc2c(Cl)cccc2Cl)CCCC(C(F)(F)F)C1. The van der Waals surface area contributed by atoms with E-state index in [0.29, 0.717) is 28.5 Å². The van der Waals surface area contributed by atoms with Crippen molar-refractivity contribution in [2.45, 2.75) is 43.8 Å². The first-order valence-electron chi connectivity index (χ1n) is 6.50.